The highest BCUT2D eigenvalue weighted by Gasteiger charge is 2.27. The van der Waals surface area contributed by atoms with Crippen molar-refractivity contribution in [3.63, 3.8) is 0 Å². The van der Waals surface area contributed by atoms with Gasteiger partial charge in [0, 0.05) is 36.3 Å². The van der Waals surface area contributed by atoms with Gasteiger partial charge in [0.15, 0.2) is 0 Å². The first-order chi connectivity index (χ1) is 14.5. The molecular weight excluding hydrogens is 410 g/mol. The smallest absolute Gasteiger partial charge is 0.282 e. The van der Waals surface area contributed by atoms with Crippen molar-refractivity contribution < 1.29 is 19.2 Å². The molecule has 1 saturated heterocycles. The van der Waals surface area contributed by atoms with Crippen LogP contribution in [0.5, 0.6) is 0 Å². The molecule has 4 rings (SSSR count). The summed E-state index contributed by atoms with van der Waals surface area (Å²) in [5.41, 5.74) is 1.34. The van der Waals surface area contributed by atoms with Gasteiger partial charge in [-0.1, -0.05) is 12.1 Å². The summed E-state index contributed by atoms with van der Waals surface area (Å²) in [6.07, 6.45) is 1.95. The average Bonchev–Trinajstić information content (AvgIpc) is 3.46. The summed E-state index contributed by atoms with van der Waals surface area (Å²) in [4.78, 5) is 35.9. The van der Waals surface area contributed by atoms with Gasteiger partial charge in [-0.25, -0.2) is 4.68 Å². The lowest BCUT2D eigenvalue weighted by Crippen LogP contribution is -2.34. The number of thioether (sulfide) groups is 1. The number of nitro groups is 1. The molecule has 0 radical (unpaired) electrons. The molecule has 2 aliphatic rings. The molecule has 30 heavy (non-hydrogen) atoms. The van der Waals surface area contributed by atoms with Crippen LogP contribution in [0.2, 0.25) is 0 Å². The Balaban J connectivity index is 1.51. The van der Waals surface area contributed by atoms with Crippen molar-refractivity contribution in [1.82, 2.24) is 15.1 Å². The largest absolute Gasteiger partial charge is 0.376 e. The van der Waals surface area contributed by atoms with Gasteiger partial charge < -0.3 is 15.4 Å². The Morgan fingerprint density at radius 2 is 2.17 bits per heavy atom. The number of benzene rings is 1. The molecule has 1 aromatic carbocycles. The molecule has 2 amide bonds. The number of nitrogens with zero attached hydrogens (tertiary/aromatic N) is 3. The normalized spacial score (nSPS) is 17.5. The minimum absolute atomic E-state index is 0.0331. The molecule has 158 valence electrons. The van der Waals surface area contributed by atoms with Crippen LogP contribution in [0.1, 0.15) is 34.5 Å². The molecule has 0 saturated carbocycles. The maximum Gasteiger partial charge on any atom is 0.282 e. The zero-order valence-corrected chi connectivity index (χ0v) is 16.9. The first-order valence-corrected chi connectivity index (χ1v) is 10.8. The number of amides is 2. The van der Waals surface area contributed by atoms with Crippen LogP contribution in [0.25, 0.3) is 0 Å². The number of nitrogens with one attached hydrogen (secondary N) is 2. The highest BCUT2D eigenvalue weighted by Crippen LogP contribution is 2.35. The van der Waals surface area contributed by atoms with E-state index < -0.39 is 10.8 Å². The lowest BCUT2D eigenvalue weighted by molar-refractivity contribution is -0.385. The number of carbonyl (C=O) groups excluding carboxylic acids is 2. The highest BCUT2D eigenvalue weighted by molar-refractivity contribution is 7.98. The monoisotopic (exact) mass is 431 g/mol. The Morgan fingerprint density at radius 3 is 2.93 bits per heavy atom. The second-order valence-electron chi connectivity index (χ2n) is 7.09. The first-order valence-electron chi connectivity index (χ1n) is 9.62. The number of ether oxygens (including phenoxy) is 1. The molecule has 2 N–H and O–H groups in total. The number of carbonyl (C=O) groups is 2. The van der Waals surface area contributed by atoms with E-state index in [1.54, 1.807) is 17.8 Å². The van der Waals surface area contributed by atoms with E-state index in [2.05, 4.69) is 15.7 Å². The van der Waals surface area contributed by atoms with Crippen LogP contribution in [0, 0.1) is 10.1 Å². The van der Waals surface area contributed by atoms with Crippen LogP contribution in [0.15, 0.2) is 24.3 Å². The number of hydrogen-bond acceptors (Lipinski definition) is 7. The predicted octanol–water partition coefficient (Wildman–Crippen LogP) is 2.09. The summed E-state index contributed by atoms with van der Waals surface area (Å²) in [5, 5.41) is 21.3. The Labute approximate surface area is 176 Å². The van der Waals surface area contributed by atoms with Gasteiger partial charge in [-0.3, -0.25) is 19.7 Å². The molecule has 0 aliphatic carbocycles. The minimum Gasteiger partial charge on any atom is -0.376 e. The van der Waals surface area contributed by atoms with Crippen molar-refractivity contribution in [2.24, 2.45) is 0 Å². The second-order valence-corrected chi connectivity index (χ2v) is 8.08. The molecule has 2 aromatic rings. The predicted molar refractivity (Wildman–Crippen MR) is 110 cm³/mol. The fourth-order valence-electron chi connectivity index (χ4n) is 3.54. The van der Waals surface area contributed by atoms with Gasteiger partial charge in [-0.15, -0.1) is 0 Å². The molecule has 11 heteroatoms. The Hall–Kier alpha value is -2.92. The average molecular weight is 431 g/mol. The molecule has 2 aliphatic heterocycles. The van der Waals surface area contributed by atoms with Crippen molar-refractivity contribution in [3.05, 3.63) is 51.2 Å². The maximum atomic E-state index is 12.8. The van der Waals surface area contributed by atoms with Crippen LogP contribution < -0.4 is 10.6 Å². The van der Waals surface area contributed by atoms with E-state index in [0.717, 1.165) is 24.1 Å². The van der Waals surface area contributed by atoms with E-state index in [1.807, 2.05) is 0 Å². The van der Waals surface area contributed by atoms with Crippen LogP contribution >= 0.6 is 11.8 Å². The molecule has 0 bridgehead atoms. The molecule has 1 aromatic heterocycles. The number of fused-ring (bicyclic) bond motifs is 1. The van der Waals surface area contributed by atoms with Crippen molar-refractivity contribution in [2.45, 2.75) is 37.0 Å². The molecular formula is C19H21N5O5S. The number of hydrogen-bond donors (Lipinski definition) is 2. The van der Waals surface area contributed by atoms with E-state index in [0.29, 0.717) is 30.5 Å². The van der Waals surface area contributed by atoms with E-state index in [1.165, 1.54) is 22.9 Å². The summed E-state index contributed by atoms with van der Waals surface area (Å²) in [6, 6.07) is 5.76. The van der Waals surface area contributed by atoms with Gasteiger partial charge in [0.1, 0.15) is 17.9 Å². The van der Waals surface area contributed by atoms with Crippen LogP contribution in [0.3, 0.4) is 0 Å². The van der Waals surface area contributed by atoms with Crippen molar-refractivity contribution >= 4 is 35.1 Å². The minimum atomic E-state index is -0.608. The van der Waals surface area contributed by atoms with Gasteiger partial charge in [0.05, 0.1) is 16.7 Å². The quantitative estimate of drug-likeness (QED) is 0.507. The second kappa shape index (κ2) is 8.84. The standard InChI is InChI=1S/C19H21N5O5S/c25-17(20-8-12-4-3-7-29-12)9-23-18(14-10-30-11-15(14)22-23)21-19(26)13-5-1-2-6-16(13)24(27)28/h1-2,5-6,12H,3-4,7-11H2,(H,20,25)(H,21,26). The van der Waals surface area contributed by atoms with Crippen molar-refractivity contribution in [2.75, 3.05) is 18.5 Å². The SMILES string of the molecule is O=C(Cn1nc2c(c1NC(=O)c1ccccc1[N+](=O)[O-])CSC2)NCC1CCCO1. The van der Waals surface area contributed by atoms with Gasteiger partial charge in [-0.05, 0) is 18.9 Å². The number of aromatic nitrogens is 2. The summed E-state index contributed by atoms with van der Waals surface area (Å²) in [7, 11) is 0. The fourth-order valence-corrected chi connectivity index (χ4v) is 4.58. The Bertz CT molecular complexity index is 986. The van der Waals surface area contributed by atoms with Crippen LogP contribution in [-0.4, -0.2) is 45.8 Å². The van der Waals surface area contributed by atoms with Crippen molar-refractivity contribution in [3.8, 4) is 0 Å². The molecule has 1 fully saturated rings. The third-order valence-corrected chi connectivity index (χ3v) is 6.01. The van der Waals surface area contributed by atoms with Gasteiger partial charge in [0.2, 0.25) is 5.91 Å². The summed E-state index contributed by atoms with van der Waals surface area (Å²) >= 11 is 1.66. The summed E-state index contributed by atoms with van der Waals surface area (Å²) < 4.78 is 6.97. The third-order valence-electron chi connectivity index (χ3n) is 5.04. The number of nitro benzene ring substituents is 1. The molecule has 10 nitrogen and oxygen atoms in total. The molecule has 0 spiro atoms. The van der Waals surface area contributed by atoms with E-state index in [9.17, 15) is 19.7 Å². The third kappa shape index (κ3) is 4.31. The number of rotatable bonds is 7. The van der Waals surface area contributed by atoms with Crippen molar-refractivity contribution in [1.29, 1.82) is 0 Å². The zero-order valence-electron chi connectivity index (χ0n) is 16.1. The fraction of sp³-hybridized carbons (Fsp3) is 0.421. The topological polar surface area (TPSA) is 128 Å². The lowest BCUT2D eigenvalue weighted by Gasteiger charge is -2.13. The van der Waals surface area contributed by atoms with Crippen LogP contribution in [0.4, 0.5) is 11.5 Å². The van der Waals surface area contributed by atoms with Gasteiger partial charge in [-0.2, -0.15) is 16.9 Å². The van der Waals surface area contributed by atoms with E-state index in [4.69, 9.17) is 4.74 Å². The number of para-hydroxylation sites is 1. The summed E-state index contributed by atoms with van der Waals surface area (Å²) in [6.45, 7) is 1.09. The molecule has 1 unspecified atom stereocenters. The maximum absolute atomic E-state index is 12.8. The van der Waals surface area contributed by atoms with E-state index >= 15 is 0 Å². The Kier molecular flexibility index (Phi) is 6.00. The number of anilines is 1. The molecule has 1 atom stereocenters. The highest BCUT2D eigenvalue weighted by atomic mass is 32.2. The van der Waals surface area contributed by atoms with Gasteiger partial charge in [0.25, 0.3) is 11.6 Å². The summed E-state index contributed by atoms with van der Waals surface area (Å²) in [5.74, 6) is 0.905. The Morgan fingerprint density at radius 1 is 1.33 bits per heavy atom. The zero-order chi connectivity index (χ0) is 21.1. The first kappa shape index (κ1) is 20.4. The van der Waals surface area contributed by atoms with Gasteiger partial charge >= 0.3 is 0 Å². The van der Waals surface area contributed by atoms with E-state index in [-0.39, 0.29) is 29.8 Å². The molecule has 3 heterocycles. The lowest BCUT2D eigenvalue weighted by atomic mass is 10.1. The van der Waals surface area contributed by atoms with Crippen LogP contribution in [-0.2, 0) is 27.6 Å².